The predicted molar refractivity (Wildman–Crippen MR) is 103 cm³/mol. The quantitative estimate of drug-likeness (QED) is 0.420. The zero-order valence-corrected chi connectivity index (χ0v) is 16.5. The molecule has 0 aliphatic heterocycles. The Hall–Kier alpha value is -1.85. The third-order valence-electron chi connectivity index (χ3n) is 3.32. The van der Waals surface area contributed by atoms with Crippen LogP contribution in [0.15, 0.2) is 32.6 Å². The van der Waals surface area contributed by atoms with Gasteiger partial charge in [-0.3, -0.25) is 14.2 Å². The molecule has 1 N–H and O–H groups in total. The fourth-order valence-corrected chi connectivity index (χ4v) is 3.45. The summed E-state index contributed by atoms with van der Waals surface area (Å²) in [5, 5.41) is 12.3. The summed E-state index contributed by atoms with van der Waals surface area (Å²) < 4.78 is 2.46. The van der Waals surface area contributed by atoms with E-state index in [0.717, 1.165) is 4.47 Å². The number of carbonyl (C=O) groups is 1. The molecule has 8 heteroatoms. The minimum absolute atomic E-state index is 0.104. The SMILES string of the molecule is CC(C)Cn1c(SCC(=O)NCCC#N)nc2ccc(Br)cc2c1=O. The number of amides is 1. The van der Waals surface area contributed by atoms with Crippen LogP contribution in [0, 0.1) is 17.2 Å². The molecule has 0 saturated heterocycles. The molecule has 1 amide bonds. The first-order valence-corrected chi connectivity index (χ1v) is 9.66. The number of hydrogen-bond donors (Lipinski definition) is 1. The highest BCUT2D eigenvalue weighted by Crippen LogP contribution is 2.21. The van der Waals surface area contributed by atoms with Crippen molar-refractivity contribution < 1.29 is 4.79 Å². The Kier molecular flexibility index (Phi) is 7.02. The lowest BCUT2D eigenvalue weighted by Crippen LogP contribution is -2.28. The van der Waals surface area contributed by atoms with E-state index >= 15 is 0 Å². The monoisotopic (exact) mass is 422 g/mol. The van der Waals surface area contributed by atoms with E-state index in [-0.39, 0.29) is 29.6 Å². The summed E-state index contributed by atoms with van der Waals surface area (Å²) in [4.78, 5) is 29.3. The van der Waals surface area contributed by atoms with Crippen LogP contribution in [-0.2, 0) is 11.3 Å². The summed E-state index contributed by atoms with van der Waals surface area (Å²) in [5.74, 6) is 0.243. The number of benzene rings is 1. The van der Waals surface area contributed by atoms with Crippen molar-refractivity contribution >= 4 is 44.5 Å². The molecule has 1 heterocycles. The fourth-order valence-electron chi connectivity index (χ4n) is 2.25. The van der Waals surface area contributed by atoms with Gasteiger partial charge in [-0.25, -0.2) is 4.98 Å². The number of hydrogen-bond acceptors (Lipinski definition) is 5. The normalized spacial score (nSPS) is 10.8. The van der Waals surface area contributed by atoms with Gasteiger partial charge in [0.2, 0.25) is 5.91 Å². The molecule has 0 radical (unpaired) electrons. The molecular weight excluding hydrogens is 404 g/mol. The molecule has 0 fully saturated rings. The average Bonchev–Trinajstić information content (AvgIpc) is 2.56. The average molecular weight is 423 g/mol. The van der Waals surface area contributed by atoms with E-state index in [9.17, 15) is 9.59 Å². The van der Waals surface area contributed by atoms with Gasteiger partial charge < -0.3 is 5.32 Å². The second-order valence-corrected chi connectivity index (χ2v) is 7.77. The maximum atomic E-state index is 12.8. The Morgan fingerprint density at radius 1 is 1.48 bits per heavy atom. The first-order valence-electron chi connectivity index (χ1n) is 7.89. The van der Waals surface area contributed by atoms with Crippen LogP contribution in [0.3, 0.4) is 0 Å². The number of nitriles is 1. The van der Waals surface area contributed by atoms with Crippen LogP contribution in [0.25, 0.3) is 10.9 Å². The van der Waals surface area contributed by atoms with Crippen molar-refractivity contribution in [1.29, 1.82) is 5.26 Å². The summed E-state index contributed by atoms with van der Waals surface area (Å²) in [5.41, 5.74) is 0.507. The molecule has 0 unspecified atom stereocenters. The highest BCUT2D eigenvalue weighted by molar-refractivity contribution is 9.10. The first kappa shape index (κ1) is 19.5. The van der Waals surface area contributed by atoms with E-state index < -0.39 is 0 Å². The van der Waals surface area contributed by atoms with E-state index in [2.05, 4.69) is 26.2 Å². The molecule has 0 aliphatic rings. The van der Waals surface area contributed by atoms with Gasteiger partial charge in [-0.15, -0.1) is 0 Å². The van der Waals surface area contributed by atoms with E-state index in [4.69, 9.17) is 5.26 Å². The Bertz CT molecular complexity index is 873. The number of fused-ring (bicyclic) bond motifs is 1. The molecular formula is C17H19BrN4O2S. The van der Waals surface area contributed by atoms with E-state index in [1.807, 2.05) is 26.0 Å². The van der Waals surface area contributed by atoms with Gasteiger partial charge in [0, 0.05) is 17.6 Å². The molecule has 0 aliphatic carbocycles. The standard InChI is InChI=1S/C17H19BrN4O2S/c1-11(2)9-22-16(24)13-8-12(18)4-5-14(13)21-17(22)25-10-15(23)20-7-3-6-19/h4-5,8,11H,3,7,9-10H2,1-2H3,(H,20,23). The van der Waals surface area contributed by atoms with Crippen LogP contribution in [0.1, 0.15) is 20.3 Å². The molecule has 1 aromatic carbocycles. The second-order valence-electron chi connectivity index (χ2n) is 5.91. The molecule has 0 spiro atoms. The number of rotatable bonds is 7. The van der Waals surface area contributed by atoms with Crippen LogP contribution < -0.4 is 10.9 Å². The molecule has 25 heavy (non-hydrogen) atoms. The van der Waals surface area contributed by atoms with Crippen LogP contribution in [-0.4, -0.2) is 27.8 Å². The molecule has 132 valence electrons. The van der Waals surface area contributed by atoms with Crippen molar-refractivity contribution in [1.82, 2.24) is 14.9 Å². The predicted octanol–water partition coefficient (Wildman–Crippen LogP) is 2.94. The minimum Gasteiger partial charge on any atom is -0.354 e. The van der Waals surface area contributed by atoms with Crippen molar-refractivity contribution in [2.45, 2.75) is 32.0 Å². The lowest BCUT2D eigenvalue weighted by atomic mass is 10.2. The van der Waals surface area contributed by atoms with Crippen LogP contribution in [0.4, 0.5) is 0 Å². The topological polar surface area (TPSA) is 87.8 Å². The molecule has 0 saturated carbocycles. The Morgan fingerprint density at radius 2 is 2.24 bits per heavy atom. The number of thioether (sulfide) groups is 1. The van der Waals surface area contributed by atoms with Crippen molar-refractivity contribution in [3.8, 4) is 6.07 Å². The van der Waals surface area contributed by atoms with Gasteiger partial charge >= 0.3 is 0 Å². The molecule has 2 rings (SSSR count). The van der Waals surface area contributed by atoms with Crippen molar-refractivity contribution in [2.24, 2.45) is 5.92 Å². The number of nitrogens with zero attached hydrogens (tertiary/aromatic N) is 3. The molecule has 0 bridgehead atoms. The van der Waals surface area contributed by atoms with E-state index in [0.29, 0.717) is 29.1 Å². The third kappa shape index (κ3) is 5.31. The van der Waals surface area contributed by atoms with Crippen LogP contribution in [0.2, 0.25) is 0 Å². The fraction of sp³-hybridized carbons (Fsp3) is 0.412. The number of carbonyl (C=O) groups excluding carboxylic acids is 1. The van der Waals surface area contributed by atoms with Crippen molar-refractivity contribution in [3.05, 3.63) is 33.0 Å². The minimum atomic E-state index is -0.179. The van der Waals surface area contributed by atoms with Gasteiger partial charge in [0.15, 0.2) is 5.16 Å². The highest BCUT2D eigenvalue weighted by Gasteiger charge is 2.14. The van der Waals surface area contributed by atoms with Gasteiger partial charge in [-0.05, 0) is 24.1 Å². The number of halogens is 1. The Labute approximate surface area is 158 Å². The third-order valence-corrected chi connectivity index (χ3v) is 4.79. The summed E-state index contributed by atoms with van der Waals surface area (Å²) in [6.07, 6.45) is 0.275. The number of nitrogens with one attached hydrogen (secondary N) is 1. The maximum Gasteiger partial charge on any atom is 0.262 e. The van der Waals surface area contributed by atoms with Gasteiger partial charge in [0.05, 0.1) is 29.1 Å². The van der Waals surface area contributed by atoms with Crippen molar-refractivity contribution in [3.63, 3.8) is 0 Å². The van der Waals surface area contributed by atoms with Gasteiger partial charge in [0.25, 0.3) is 5.56 Å². The number of aromatic nitrogens is 2. The van der Waals surface area contributed by atoms with E-state index in [1.54, 1.807) is 16.7 Å². The van der Waals surface area contributed by atoms with Gasteiger partial charge in [0.1, 0.15) is 0 Å². The highest BCUT2D eigenvalue weighted by atomic mass is 79.9. The smallest absolute Gasteiger partial charge is 0.262 e. The summed E-state index contributed by atoms with van der Waals surface area (Å²) >= 11 is 4.62. The summed E-state index contributed by atoms with van der Waals surface area (Å²) in [6.45, 7) is 4.92. The summed E-state index contributed by atoms with van der Waals surface area (Å²) in [7, 11) is 0. The van der Waals surface area contributed by atoms with Gasteiger partial charge in [-0.1, -0.05) is 41.5 Å². The zero-order chi connectivity index (χ0) is 18.4. The largest absolute Gasteiger partial charge is 0.354 e. The first-order chi connectivity index (χ1) is 11.9. The Balaban J connectivity index is 2.31. The lowest BCUT2D eigenvalue weighted by molar-refractivity contribution is -0.118. The Morgan fingerprint density at radius 3 is 2.92 bits per heavy atom. The summed E-state index contributed by atoms with van der Waals surface area (Å²) in [6, 6.07) is 7.37. The van der Waals surface area contributed by atoms with Crippen LogP contribution >= 0.6 is 27.7 Å². The molecule has 0 atom stereocenters. The van der Waals surface area contributed by atoms with E-state index in [1.165, 1.54) is 11.8 Å². The van der Waals surface area contributed by atoms with Crippen molar-refractivity contribution in [2.75, 3.05) is 12.3 Å². The molecule has 6 nitrogen and oxygen atoms in total. The van der Waals surface area contributed by atoms with Crippen LogP contribution in [0.5, 0.6) is 0 Å². The molecule has 1 aromatic heterocycles. The lowest BCUT2D eigenvalue weighted by Gasteiger charge is -2.15. The second kappa shape index (κ2) is 9.02. The molecule has 2 aromatic rings. The van der Waals surface area contributed by atoms with Gasteiger partial charge in [-0.2, -0.15) is 5.26 Å². The maximum absolute atomic E-state index is 12.8. The zero-order valence-electron chi connectivity index (χ0n) is 14.1.